The SMILES string of the molecule is CNS(=O)(=O)c1ccc(C(C)=NNc2nc(C)ncc2-c2ccccc2)cc1. The fraction of sp³-hybridized carbons (Fsp3) is 0.150. The van der Waals surface area contributed by atoms with E-state index in [9.17, 15) is 8.42 Å². The van der Waals surface area contributed by atoms with E-state index in [-0.39, 0.29) is 4.90 Å². The average molecular weight is 395 g/mol. The summed E-state index contributed by atoms with van der Waals surface area (Å²) in [7, 11) is -2.08. The van der Waals surface area contributed by atoms with Gasteiger partial charge in [-0.25, -0.2) is 23.1 Å². The van der Waals surface area contributed by atoms with Gasteiger partial charge in [-0.15, -0.1) is 0 Å². The minimum absolute atomic E-state index is 0.206. The van der Waals surface area contributed by atoms with Gasteiger partial charge in [-0.1, -0.05) is 42.5 Å². The van der Waals surface area contributed by atoms with E-state index in [2.05, 4.69) is 25.2 Å². The highest BCUT2D eigenvalue weighted by molar-refractivity contribution is 7.89. The molecule has 0 aliphatic carbocycles. The van der Waals surface area contributed by atoms with E-state index in [0.29, 0.717) is 17.4 Å². The standard InChI is InChI=1S/C20H21N5O2S/c1-14(16-9-11-18(12-10-16)28(26,27)21-3)24-25-20-19(13-22-15(2)23-20)17-7-5-4-6-8-17/h4-13,21H,1-3H3,(H,22,23,25). The van der Waals surface area contributed by atoms with E-state index in [1.54, 1.807) is 30.5 Å². The van der Waals surface area contributed by atoms with Gasteiger partial charge >= 0.3 is 0 Å². The zero-order valence-electron chi connectivity index (χ0n) is 15.8. The van der Waals surface area contributed by atoms with Gasteiger partial charge in [0.2, 0.25) is 10.0 Å². The minimum Gasteiger partial charge on any atom is -0.260 e. The van der Waals surface area contributed by atoms with Crippen molar-refractivity contribution < 1.29 is 8.42 Å². The molecule has 1 heterocycles. The number of anilines is 1. The Balaban J connectivity index is 1.87. The van der Waals surface area contributed by atoms with E-state index in [4.69, 9.17) is 0 Å². The lowest BCUT2D eigenvalue weighted by atomic mass is 10.1. The molecule has 0 aliphatic rings. The van der Waals surface area contributed by atoms with Crippen molar-refractivity contribution in [2.24, 2.45) is 5.10 Å². The van der Waals surface area contributed by atoms with Crippen LogP contribution in [0.5, 0.6) is 0 Å². The fourth-order valence-electron chi connectivity index (χ4n) is 2.58. The molecule has 2 N–H and O–H groups in total. The molecule has 0 fully saturated rings. The Hall–Kier alpha value is -3.10. The summed E-state index contributed by atoms with van der Waals surface area (Å²) in [5.74, 6) is 1.24. The third-order valence-corrected chi connectivity index (χ3v) is 5.60. The molecular weight excluding hydrogens is 374 g/mol. The number of nitrogens with zero attached hydrogens (tertiary/aromatic N) is 3. The molecule has 3 rings (SSSR count). The van der Waals surface area contributed by atoms with Crippen LogP contribution < -0.4 is 10.1 Å². The summed E-state index contributed by atoms with van der Waals surface area (Å²) in [5.41, 5.74) is 6.34. The number of benzene rings is 2. The van der Waals surface area contributed by atoms with Crippen molar-refractivity contribution in [1.82, 2.24) is 14.7 Å². The Morgan fingerprint density at radius 2 is 1.71 bits per heavy atom. The van der Waals surface area contributed by atoms with Crippen LogP contribution in [0.1, 0.15) is 18.3 Å². The molecule has 144 valence electrons. The van der Waals surface area contributed by atoms with Crippen LogP contribution >= 0.6 is 0 Å². The number of hydrazone groups is 1. The van der Waals surface area contributed by atoms with Crippen LogP contribution in [0, 0.1) is 6.92 Å². The summed E-state index contributed by atoms with van der Waals surface area (Å²) < 4.78 is 26.0. The van der Waals surface area contributed by atoms with Crippen LogP contribution in [-0.2, 0) is 10.0 Å². The zero-order chi connectivity index (χ0) is 20.1. The molecule has 0 saturated heterocycles. The van der Waals surface area contributed by atoms with E-state index in [0.717, 1.165) is 16.7 Å². The molecule has 0 atom stereocenters. The Kier molecular flexibility index (Phi) is 5.81. The van der Waals surface area contributed by atoms with Crippen LogP contribution in [-0.4, -0.2) is 31.1 Å². The van der Waals surface area contributed by atoms with Crippen molar-refractivity contribution in [3.63, 3.8) is 0 Å². The number of rotatable bonds is 6. The Bertz CT molecular complexity index is 1100. The maximum Gasteiger partial charge on any atom is 0.240 e. The Morgan fingerprint density at radius 1 is 1.04 bits per heavy atom. The lowest BCUT2D eigenvalue weighted by molar-refractivity contribution is 0.588. The van der Waals surface area contributed by atoms with Gasteiger partial charge in [-0.2, -0.15) is 5.10 Å². The molecule has 0 aliphatic heterocycles. The van der Waals surface area contributed by atoms with Crippen molar-refractivity contribution in [1.29, 1.82) is 0 Å². The summed E-state index contributed by atoms with van der Waals surface area (Å²) in [6.45, 7) is 3.66. The lowest BCUT2D eigenvalue weighted by Crippen LogP contribution is -2.18. The first-order valence-corrected chi connectivity index (χ1v) is 10.1. The van der Waals surface area contributed by atoms with Crippen molar-refractivity contribution in [3.05, 3.63) is 72.2 Å². The van der Waals surface area contributed by atoms with Gasteiger partial charge in [-0.3, -0.25) is 5.43 Å². The summed E-state index contributed by atoms with van der Waals surface area (Å²) in [6.07, 6.45) is 1.77. The topological polar surface area (TPSA) is 96.3 Å². The number of hydrogen-bond acceptors (Lipinski definition) is 6. The van der Waals surface area contributed by atoms with Crippen LogP contribution in [0.3, 0.4) is 0 Å². The van der Waals surface area contributed by atoms with Crippen LogP contribution in [0.15, 0.2) is 70.8 Å². The van der Waals surface area contributed by atoms with Gasteiger partial charge in [0.05, 0.1) is 10.6 Å². The highest BCUT2D eigenvalue weighted by atomic mass is 32.2. The molecular formula is C20H21N5O2S. The predicted molar refractivity (Wildman–Crippen MR) is 111 cm³/mol. The normalized spacial score (nSPS) is 12.0. The molecule has 8 heteroatoms. The van der Waals surface area contributed by atoms with Gasteiger partial charge in [0, 0.05) is 11.8 Å². The molecule has 0 radical (unpaired) electrons. The molecule has 0 bridgehead atoms. The first kappa shape index (κ1) is 19.7. The second-order valence-corrected chi connectivity index (χ2v) is 7.97. The van der Waals surface area contributed by atoms with Gasteiger partial charge in [-0.05, 0) is 44.2 Å². The smallest absolute Gasteiger partial charge is 0.240 e. The van der Waals surface area contributed by atoms with Crippen molar-refractivity contribution >= 4 is 21.6 Å². The highest BCUT2D eigenvalue weighted by Gasteiger charge is 2.11. The summed E-state index contributed by atoms with van der Waals surface area (Å²) >= 11 is 0. The van der Waals surface area contributed by atoms with Gasteiger partial charge < -0.3 is 0 Å². The maximum absolute atomic E-state index is 11.8. The molecule has 7 nitrogen and oxygen atoms in total. The monoisotopic (exact) mass is 395 g/mol. The largest absolute Gasteiger partial charge is 0.260 e. The molecule has 0 saturated carbocycles. The van der Waals surface area contributed by atoms with Crippen LogP contribution in [0.2, 0.25) is 0 Å². The number of nitrogens with one attached hydrogen (secondary N) is 2. The molecule has 1 aromatic heterocycles. The maximum atomic E-state index is 11.8. The summed E-state index contributed by atoms with van der Waals surface area (Å²) in [6, 6.07) is 16.3. The molecule has 0 spiro atoms. The third-order valence-electron chi connectivity index (χ3n) is 4.17. The van der Waals surface area contributed by atoms with Gasteiger partial charge in [0.25, 0.3) is 0 Å². The molecule has 2 aromatic carbocycles. The summed E-state index contributed by atoms with van der Waals surface area (Å²) in [4.78, 5) is 8.94. The first-order chi connectivity index (χ1) is 13.4. The Morgan fingerprint density at radius 3 is 2.36 bits per heavy atom. The number of hydrogen-bond donors (Lipinski definition) is 2. The second kappa shape index (κ2) is 8.28. The average Bonchev–Trinajstić information content (AvgIpc) is 2.73. The molecule has 28 heavy (non-hydrogen) atoms. The first-order valence-electron chi connectivity index (χ1n) is 8.64. The minimum atomic E-state index is -3.46. The quantitative estimate of drug-likeness (QED) is 0.494. The predicted octanol–water partition coefficient (Wildman–Crippen LogP) is 3.20. The third kappa shape index (κ3) is 4.41. The van der Waals surface area contributed by atoms with Crippen molar-refractivity contribution in [2.45, 2.75) is 18.7 Å². The van der Waals surface area contributed by atoms with E-state index in [1.807, 2.05) is 44.2 Å². The van der Waals surface area contributed by atoms with Crippen molar-refractivity contribution in [2.75, 3.05) is 12.5 Å². The van der Waals surface area contributed by atoms with Crippen molar-refractivity contribution in [3.8, 4) is 11.1 Å². The number of sulfonamides is 1. The fourth-order valence-corrected chi connectivity index (χ4v) is 3.31. The molecule has 3 aromatic rings. The molecule has 0 amide bonds. The second-order valence-electron chi connectivity index (χ2n) is 6.09. The van der Waals surface area contributed by atoms with Crippen LogP contribution in [0.25, 0.3) is 11.1 Å². The molecule has 0 unspecified atom stereocenters. The van der Waals surface area contributed by atoms with Gasteiger partial charge in [0.15, 0.2) is 5.82 Å². The Labute approximate surface area is 164 Å². The number of aromatic nitrogens is 2. The van der Waals surface area contributed by atoms with E-state index in [1.165, 1.54) is 7.05 Å². The lowest BCUT2D eigenvalue weighted by Gasteiger charge is -2.10. The van der Waals surface area contributed by atoms with E-state index >= 15 is 0 Å². The van der Waals surface area contributed by atoms with Gasteiger partial charge in [0.1, 0.15) is 5.82 Å². The summed E-state index contributed by atoms with van der Waals surface area (Å²) in [5, 5.41) is 4.42. The van der Waals surface area contributed by atoms with Crippen LogP contribution in [0.4, 0.5) is 5.82 Å². The number of aryl methyl sites for hydroxylation is 1. The highest BCUT2D eigenvalue weighted by Crippen LogP contribution is 2.25. The zero-order valence-corrected chi connectivity index (χ0v) is 16.7. The van der Waals surface area contributed by atoms with E-state index < -0.39 is 10.0 Å².